The summed E-state index contributed by atoms with van der Waals surface area (Å²) in [6.07, 6.45) is 1.58. The lowest BCUT2D eigenvalue weighted by Crippen LogP contribution is -2.27. The monoisotopic (exact) mass is 274 g/mol. The average molecular weight is 274 g/mol. The molecule has 0 bridgehead atoms. The molecule has 0 aromatic carbocycles. The maximum Gasteiger partial charge on any atom is 0.244 e. The van der Waals surface area contributed by atoms with Crippen LogP contribution in [0.3, 0.4) is 0 Å². The molecule has 0 aliphatic rings. The highest BCUT2D eigenvalue weighted by atomic mass is 32.2. The summed E-state index contributed by atoms with van der Waals surface area (Å²) in [7, 11) is -1.83. The van der Waals surface area contributed by atoms with Gasteiger partial charge in [-0.25, -0.2) is 8.42 Å². The molecular formula is C11H18N2O2S2. The second-order valence-corrected chi connectivity index (χ2v) is 6.58. The van der Waals surface area contributed by atoms with E-state index in [4.69, 9.17) is 0 Å². The first-order chi connectivity index (χ1) is 8.04. The Morgan fingerprint density at radius 1 is 1.59 bits per heavy atom. The molecule has 17 heavy (non-hydrogen) atoms. The second-order valence-electron chi connectivity index (χ2n) is 3.56. The molecule has 1 aromatic rings. The molecule has 0 unspecified atom stereocenters. The van der Waals surface area contributed by atoms with E-state index >= 15 is 0 Å². The summed E-state index contributed by atoms with van der Waals surface area (Å²) in [5.41, 5.74) is 0. The molecule has 1 aromatic heterocycles. The molecule has 0 aliphatic heterocycles. The van der Waals surface area contributed by atoms with Crippen LogP contribution in [-0.2, 0) is 16.6 Å². The number of sulfonamides is 1. The lowest BCUT2D eigenvalue weighted by molar-refractivity contribution is 0.498. The van der Waals surface area contributed by atoms with E-state index in [1.807, 2.05) is 6.92 Å². The number of nitrogens with zero attached hydrogens (tertiary/aromatic N) is 1. The van der Waals surface area contributed by atoms with Gasteiger partial charge in [0.05, 0.1) is 4.90 Å². The third-order valence-electron chi connectivity index (χ3n) is 2.31. The highest BCUT2D eigenvalue weighted by molar-refractivity contribution is 7.89. The Bertz CT molecular complexity index is 466. The predicted molar refractivity (Wildman–Crippen MR) is 71.7 cm³/mol. The largest absolute Gasteiger partial charge is 0.312 e. The van der Waals surface area contributed by atoms with E-state index < -0.39 is 10.0 Å². The zero-order valence-electron chi connectivity index (χ0n) is 10.1. The molecule has 0 fully saturated rings. The Morgan fingerprint density at radius 3 is 2.88 bits per heavy atom. The standard InChI is InChI=1S/C11H18N2O2S2/c1-4-7-13(3)17(14,15)11-6-8-16-10(11)9-12-5-2/h4,6,8,12H,1,5,7,9H2,2-3H3. The number of nitrogens with one attached hydrogen (secondary N) is 1. The van der Waals surface area contributed by atoms with Crippen LogP contribution < -0.4 is 5.32 Å². The summed E-state index contributed by atoms with van der Waals surface area (Å²) in [6.45, 7) is 7.27. The van der Waals surface area contributed by atoms with E-state index in [2.05, 4.69) is 11.9 Å². The van der Waals surface area contributed by atoms with Crippen molar-refractivity contribution in [2.75, 3.05) is 20.1 Å². The van der Waals surface area contributed by atoms with Crippen LogP contribution in [0, 0.1) is 0 Å². The Labute approximate surface area is 107 Å². The molecule has 6 heteroatoms. The Balaban J connectivity index is 2.98. The van der Waals surface area contributed by atoms with Crippen LogP contribution in [-0.4, -0.2) is 32.9 Å². The number of likely N-dealkylation sites (N-methyl/N-ethyl adjacent to an activating group) is 1. The third kappa shape index (κ3) is 3.38. The van der Waals surface area contributed by atoms with Crippen LogP contribution >= 0.6 is 11.3 Å². The Hall–Kier alpha value is -0.690. The predicted octanol–water partition coefficient (Wildman–Crippen LogP) is 1.66. The van der Waals surface area contributed by atoms with Crippen LogP contribution in [0.5, 0.6) is 0 Å². The van der Waals surface area contributed by atoms with Crippen molar-refractivity contribution in [3.05, 3.63) is 29.0 Å². The van der Waals surface area contributed by atoms with Crippen molar-refractivity contribution in [3.8, 4) is 0 Å². The molecule has 4 nitrogen and oxygen atoms in total. The number of rotatable bonds is 7. The van der Waals surface area contributed by atoms with Gasteiger partial charge in [-0.2, -0.15) is 4.31 Å². The van der Waals surface area contributed by atoms with Gasteiger partial charge in [0.15, 0.2) is 0 Å². The number of hydrogen-bond donors (Lipinski definition) is 1. The fourth-order valence-electron chi connectivity index (χ4n) is 1.37. The summed E-state index contributed by atoms with van der Waals surface area (Å²) in [4.78, 5) is 1.25. The van der Waals surface area contributed by atoms with Crippen molar-refractivity contribution in [3.63, 3.8) is 0 Å². The second kappa shape index (κ2) is 6.30. The van der Waals surface area contributed by atoms with Crippen molar-refractivity contribution in [1.82, 2.24) is 9.62 Å². The SMILES string of the molecule is C=CCN(C)S(=O)(=O)c1ccsc1CNCC. The summed E-state index contributed by atoms with van der Waals surface area (Å²) < 4.78 is 25.8. The molecule has 1 rings (SSSR count). The third-order valence-corrected chi connectivity index (χ3v) is 5.27. The van der Waals surface area contributed by atoms with Crippen molar-refractivity contribution in [2.24, 2.45) is 0 Å². The molecule has 1 heterocycles. The summed E-state index contributed by atoms with van der Waals surface area (Å²) in [5.74, 6) is 0. The van der Waals surface area contributed by atoms with Crippen LogP contribution in [0.4, 0.5) is 0 Å². The van der Waals surface area contributed by atoms with Crippen molar-refractivity contribution in [1.29, 1.82) is 0 Å². The summed E-state index contributed by atoms with van der Waals surface area (Å²) in [6, 6.07) is 1.66. The number of hydrogen-bond acceptors (Lipinski definition) is 4. The fraction of sp³-hybridized carbons (Fsp3) is 0.455. The zero-order chi connectivity index (χ0) is 12.9. The number of thiophene rings is 1. The van der Waals surface area contributed by atoms with Gasteiger partial charge in [-0.05, 0) is 18.0 Å². The minimum atomic E-state index is -3.39. The first-order valence-electron chi connectivity index (χ1n) is 5.38. The lowest BCUT2D eigenvalue weighted by atomic mass is 10.4. The highest BCUT2D eigenvalue weighted by Crippen LogP contribution is 2.24. The minimum Gasteiger partial charge on any atom is -0.312 e. The van der Waals surface area contributed by atoms with Crippen molar-refractivity contribution >= 4 is 21.4 Å². The van der Waals surface area contributed by atoms with E-state index in [0.717, 1.165) is 11.4 Å². The minimum absolute atomic E-state index is 0.318. The zero-order valence-corrected chi connectivity index (χ0v) is 11.8. The molecule has 0 amide bonds. The van der Waals surface area contributed by atoms with Gasteiger partial charge in [-0.1, -0.05) is 13.0 Å². The van der Waals surface area contributed by atoms with Gasteiger partial charge in [0.1, 0.15) is 0 Å². The van der Waals surface area contributed by atoms with E-state index in [0.29, 0.717) is 18.0 Å². The van der Waals surface area contributed by atoms with Gasteiger partial charge in [0, 0.05) is 25.0 Å². The fourth-order valence-corrected chi connectivity index (χ4v) is 3.90. The van der Waals surface area contributed by atoms with Gasteiger partial charge < -0.3 is 5.32 Å². The maximum atomic E-state index is 12.2. The van der Waals surface area contributed by atoms with Gasteiger partial charge in [0.2, 0.25) is 10.0 Å². The van der Waals surface area contributed by atoms with Crippen molar-refractivity contribution < 1.29 is 8.42 Å². The first-order valence-corrected chi connectivity index (χ1v) is 7.70. The van der Waals surface area contributed by atoms with E-state index in [9.17, 15) is 8.42 Å². The molecule has 1 N–H and O–H groups in total. The normalized spacial score (nSPS) is 11.9. The van der Waals surface area contributed by atoms with Crippen molar-refractivity contribution in [2.45, 2.75) is 18.4 Å². The first kappa shape index (κ1) is 14.4. The van der Waals surface area contributed by atoms with Crippen LogP contribution in [0.1, 0.15) is 11.8 Å². The molecule has 0 spiro atoms. The molecule has 0 saturated carbocycles. The van der Waals surface area contributed by atoms with Gasteiger partial charge in [-0.3, -0.25) is 0 Å². The quantitative estimate of drug-likeness (QED) is 0.769. The molecule has 0 saturated heterocycles. The Kier molecular flexibility index (Phi) is 5.32. The summed E-state index contributed by atoms with van der Waals surface area (Å²) in [5, 5.41) is 4.95. The van der Waals surface area contributed by atoms with Crippen LogP contribution in [0.2, 0.25) is 0 Å². The van der Waals surface area contributed by atoms with Gasteiger partial charge in [0.25, 0.3) is 0 Å². The lowest BCUT2D eigenvalue weighted by Gasteiger charge is -2.15. The molecule has 0 aliphatic carbocycles. The smallest absolute Gasteiger partial charge is 0.244 e. The average Bonchev–Trinajstić information content (AvgIpc) is 2.75. The molecule has 96 valence electrons. The van der Waals surface area contributed by atoms with E-state index in [-0.39, 0.29) is 0 Å². The maximum absolute atomic E-state index is 12.2. The topological polar surface area (TPSA) is 49.4 Å². The van der Waals surface area contributed by atoms with Crippen LogP contribution in [0.15, 0.2) is 29.0 Å². The highest BCUT2D eigenvalue weighted by Gasteiger charge is 2.23. The van der Waals surface area contributed by atoms with Crippen LogP contribution in [0.25, 0.3) is 0 Å². The molecule has 0 radical (unpaired) electrons. The molecular weight excluding hydrogens is 256 g/mol. The Morgan fingerprint density at radius 2 is 2.29 bits per heavy atom. The molecule has 0 atom stereocenters. The summed E-state index contributed by atoms with van der Waals surface area (Å²) >= 11 is 1.46. The van der Waals surface area contributed by atoms with Gasteiger partial charge >= 0.3 is 0 Å². The van der Waals surface area contributed by atoms with Gasteiger partial charge in [-0.15, -0.1) is 17.9 Å². The van der Waals surface area contributed by atoms with E-state index in [1.54, 1.807) is 24.6 Å². The van der Waals surface area contributed by atoms with E-state index in [1.165, 1.54) is 15.6 Å².